The summed E-state index contributed by atoms with van der Waals surface area (Å²) in [5, 5.41) is 18.6. The molecular weight excluding hydrogens is 234 g/mol. The average molecular weight is 249 g/mol. The first-order valence-corrected chi connectivity index (χ1v) is 5.78. The number of likely N-dealkylation sites (tertiary alicyclic amines) is 1. The molecule has 2 atom stereocenters. The molecule has 1 aromatic carbocycles. The third kappa shape index (κ3) is 2.22. The second-order valence-electron chi connectivity index (χ2n) is 4.52. The number of hydrogen-bond donors (Lipinski definition) is 2. The zero-order chi connectivity index (χ0) is 13.3. The predicted octanol–water partition coefficient (Wildman–Crippen LogP) is 0.655. The number of nitrogens with zero attached hydrogens (tertiary/aromatic N) is 1. The predicted molar refractivity (Wildman–Crippen MR) is 64.3 cm³/mol. The maximum atomic E-state index is 12.3. The van der Waals surface area contributed by atoms with Crippen LogP contribution in [0.2, 0.25) is 0 Å². The highest BCUT2D eigenvalue weighted by Gasteiger charge is 2.39. The summed E-state index contributed by atoms with van der Waals surface area (Å²) in [4.78, 5) is 24.6. The van der Waals surface area contributed by atoms with Crippen molar-refractivity contribution in [3.8, 4) is 0 Å². The topological polar surface area (TPSA) is 77.8 Å². The first kappa shape index (κ1) is 12.6. The number of rotatable bonds is 2. The van der Waals surface area contributed by atoms with E-state index in [0.29, 0.717) is 5.56 Å². The van der Waals surface area contributed by atoms with Crippen molar-refractivity contribution in [2.75, 3.05) is 6.54 Å². The lowest BCUT2D eigenvalue weighted by atomic mass is 10.1. The molecule has 1 aliphatic rings. The molecule has 1 aliphatic heterocycles. The highest BCUT2D eigenvalue weighted by molar-refractivity contribution is 5.98. The van der Waals surface area contributed by atoms with Crippen LogP contribution in [0.5, 0.6) is 0 Å². The Balaban J connectivity index is 2.28. The minimum atomic E-state index is -1.08. The maximum Gasteiger partial charge on any atom is 0.326 e. The molecule has 0 unspecified atom stereocenters. The molecular formula is C13H15NO4. The van der Waals surface area contributed by atoms with Crippen LogP contribution in [0.3, 0.4) is 0 Å². The summed E-state index contributed by atoms with van der Waals surface area (Å²) in [6.45, 7) is 1.87. The third-order valence-electron chi connectivity index (χ3n) is 3.20. The van der Waals surface area contributed by atoms with Gasteiger partial charge in [-0.05, 0) is 18.6 Å². The number of carboxylic acids is 1. The molecule has 0 saturated carbocycles. The van der Waals surface area contributed by atoms with Crippen LogP contribution in [0.4, 0.5) is 0 Å². The van der Waals surface area contributed by atoms with Gasteiger partial charge in [0.25, 0.3) is 5.91 Å². The van der Waals surface area contributed by atoms with Gasteiger partial charge in [-0.15, -0.1) is 0 Å². The number of carbonyl (C=O) groups is 2. The zero-order valence-corrected chi connectivity index (χ0v) is 10.0. The highest BCUT2D eigenvalue weighted by Crippen LogP contribution is 2.22. The van der Waals surface area contributed by atoms with E-state index in [1.807, 2.05) is 6.07 Å². The van der Waals surface area contributed by atoms with E-state index < -0.39 is 18.1 Å². The quantitative estimate of drug-likeness (QED) is 0.807. The van der Waals surface area contributed by atoms with Crippen molar-refractivity contribution in [1.82, 2.24) is 4.90 Å². The van der Waals surface area contributed by atoms with Gasteiger partial charge in [0.1, 0.15) is 6.04 Å². The molecule has 1 fully saturated rings. The molecule has 1 heterocycles. The number of amides is 1. The van der Waals surface area contributed by atoms with Crippen molar-refractivity contribution >= 4 is 11.9 Å². The molecule has 5 heteroatoms. The van der Waals surface area contributed by atoms with Crippen LogP contribution in [0, 0.1) is 6.92 Å². The SMILES string of the molecule is Cc1ccccc1C(=O)N1C[C@H](O)C[C@@H]1C(=O)O. The molecule has 0 spiro atoms. The van der Waals surface area contributed by atoms with E-state index >= 15 is 0 Å². The van der Waals surface area contributed by atoms with Crippen molar-refractivity contribution in [3.05, 3.63) is 35.4 Å². The molecule has 5 nitrogen and oxygen atoms in total. The molecule has 96 valence electrons. The molecule has 2 N–H and O–H groups in total. The molecule has 0 aliphatic carbocycles. The number of aliphatic hydroxyl groups excluding tert-OH is 1. The second kappa shape index (κ2) is 4.78. The van der Waals surface area contributed by atoms with E-state index in [1.54, 1.807) is 25.1 Å². The number of benzene rings is 1. The lowest BCUT2D eigenvalue weighted by Gasteiger charge is -2.21. The van der Waals surface area contributed by atoms with Gasteiger partial charge in [-0.2, -0.15) is 0 Å². The number of β-amino-alcohol motifs (C(OH)–C–C–N with tert-alkyl or cyclic N) is 1. The van der Waals surface area contributed by atoms with Gasteiger partial charge >= 0.3 is 5.97 Å². The normalized spacial score (nSPS) is 23.1. The molecule has 0 radical (unpaired) electrons. The Bertz CT molecular complexity index is 486. The van der Waals surface area contributed by atoms with Crippen molar-refractivity contribution in [1.29, 1.82) is 0 Å². The van der Waals surface area contributed by atoms with Gasteiger partial charge < -0.3 is 15.1 Å². The largest absolute Gasteiger partial charge is 0.480 e. The van der Waals surface area contributed by atoms with E-state index in [0.717, 1.165) is 5.56 Å². The van der Waals surface area contributed by atoms with Gasteiger partial charge in [-0.3, -0.25) is 4.79 Å². The van der Waals surface area contributed by atoms with Gasteiger partial charge in [0.2, 0.25) is 0 Å². The number of hydrogen-bond acceptors (Lipinski definition) is 3. The number of carbonyl (C=O) groups excluding carboxylic acids is 1. The summed E-state index contributed by atoms with van der Waals surface area (Å²) in [6.07, 6.45) is -0.675. The Kier molecular flexibility index (Phi) is 3.34. The van der Waals surface area contributed by atoms with Crippen LogP contribution in [-0.4, -0.2) is 45.7 Å². The lowest BCUT2D eigenvalue weighted by Crippen LogP contribution is -2.40. The number of carboxylic acid groups (broad SMARTS) is 1. The summed E-state index contributed by atoms with van der Waals surface area (Å²) in [6, 6.07) is 6.09. The van der Waals surface area contributed by atoms with E-state index in [9.17, 15) is 14.7 Å². The molecule has 0 bridgehead atoms. The van der Waals surface area contributed by atoms with Crippen LogP contribution in [0.25, 0.3) is 0 Å². The van der Waals surface area contributed by atoms with Crippen molar-refractivity contribution in [2.45, 2.75) is 25.5 Å². The van der Waals surface area contributed by atoms with Crippen molar-refractivity contribution < 1.29 is 19.8 Å². The first-order valence-electron chi connectivity index (χ1n) is 5.78. The van der Waals surface area contributed by atoms with Crippen LogP contribution in [-0.2, 0) is 4.79 Å². The average Bonchev–Trinajstić information content (AvgIpc) is 2.71. The summed E-state index contributed by atoms with van der Waals surface area (Å²) in [5.41, 5.74) is 1.28. The molecule has 1 amide bonds. The smallest absolute Gasteiger partial charge is 0.326 e. The fourth-order valence-corrected chi connectivity index (χ4v) is 2.24. The Hall–Kier alpha value is -1.88. The molecule has 1 saturated heterocycles. The maximum absolute atomic E-state index is 12.3. The summed E-state index contributed by atoms with van der Waals surface area (Å²) < 4.78 is 0. The first-order chi connectivity index (χ1) is 8.50. The Morgan fingerprint density at radius 1 is 1.33 bits per heavy atom. The van der Waals surface area contributed by atoms with Gasteiger partial charge in [-0.1, -0.05) is 18.2 Å². The fourth-order valence-electron chi connectivity index (χ4n) is 2.24. The zero-order valence-electron chi connectivity index (χ0n) is 10.0. The summed E-state index contributed by atoms with van der Waals surface area (Å²) in [7, 11) is 0. The van der Waals surface area contributed by atoms with Gasteiger partial charge in [-0.25, -0.2) is 4.79 Å². The van der Waals surface area contributed by atoms with Crippen LogP contribution in [0.15, 0.2) is 24.3 Å². The highest BCUT2D eigenvalue weighted by atomic mass is 16.4. The van der Waals surface area contributed by atoms with E-state index in [2.05, 4.69) is 0 Å². The Morgan fingerprint density at radius 3 is 2.61 bits per heavy atom. The number of aryl methyl sites for hydroxylation is 1. The molecule has 1 aromatic rings. The van der Waals surface area contributed by atoms with E-state index in [-0.39, 0.29) is 18.9 Å². The fraction of sp³-hybridized carbons (Fsp3) is 0.385. The van der Waals surface area contributed by atoms with Gasteiger partial charge in [0.05, 0.1) is 6.10 Å². The third-order valence-corrected chi connectivity index (χ3v) is 3.20. The Labute approximate surface area is 105 Å². The van der Waals surface area contributed by atoms with Crippen molar-refractivity contribution in [2.24, 2.45) is 0 Å². The number of aliphatic carboxylic acids is 1. The minimum Gasteiger partial charge on any atom is -0.480 e. The van der Waals surface area contributed by atoms with Gasteiger partial charge in [0.15, 0.2) is 0 Å². The standard InChI is InChI=1S/C13H15NO4/c1-8-4-2-3-5-10(8)12(16)14-7-9(15)6-11(14)13(17)18/h2-5,9,11,15H,6-7H2,1H3,(H,17,18)/t9-,11-/m1/s1. The molecule has 18 heavy (non-hydrogen) atoms. The summed E-state index contributed by atoms with van der Waals surface area (Å²) in [5.74, 6) is -1.41. The summed E-state index contributed by atoms with van der Waals surface area (Å²) >= 11 is 0. The monoisotopic (exact) mass is 249 g/mol. The molecule has 2 rings (SSSR count). The molecule has 0 aromatic heterocycles. The van der Waals surface area contributed by atoms with Crippen LogP contribution >= 0.6 is 0 Å². The minimum absolute atomic E-state index is 0.0735. The second-order valence-corrected chi connectivity index (χ2v) is 4.52. The lowest BCUT2D eigenvalue weighted by molar-refractivity contribution is -0.141. The van der Waals surface area contributed by atoms with Crippen LogP contribution in [0.1, 0.15) is 22.3 Å². The van der Waals surface area contributed by atoms with E-state index in [4.69, 9.17) is 5.11 Å². The van der Waals surface area contributed by atoms with Crippen molar-refractivity contribution in [3.63, 3.8) is 0 Å². The number of aliphatic hydroxyl groups is 1. The van der Waals surface area contributed by atoms with Gasteiger partial charge in [0, 0.05) is 18.5 Å². The van der Waals surface area contributed by atoms with Crippen LogP contribution < -0.4 is 0 Å². The van der Waals surface area contributed by atoms with E-state index in [1.165, 1.54) is 4.90 Å². The Morgan fingerprint density at radius 2 is 2.00 bits per heavy atom.